The summed E-state index contributed by atoms with van der Waals surface area (Å²) in [6.45, 7) is 56.1. The van der Waals surface area contributed by atoms with E-state index in [4.69, 9.17) is 0 Å². The molecule has 0 radical (unpaired) electrons. The molecular formula is C86H136. The van der Waals surface area contributed by atoms with Crippen molar-refractivity contribution in [3.8, 4) is 0 Å². The predicted octanol–water partition coefficient (Wildman–Crippen LogP) is 27.9. The summed E-state index contributed by atoms with van der Waals surface area (Å²) in [5.74, 6) is 3.98. The van der Waals surface area contributed by atoms with Crippen LogP contribution in [-0.2, 0) is 25.7 Å². The summed E-state index contributed by atoms with van der Waals surface area (Å²) in [7, 11) is 0. The normalized spacial score (nSPS) is 16.3. The lowest BCUT2D eigenvalue weighted by Crippen LogP contribution is -2.09. The fraction of sp³-hybridized carbons (Fsp3) is 0.651. The first-order chi connectivity index (χ1) is 41.4. The number of rotatable bonds is 52. The van der Waals surface area contributed by atoms with Crippen LogP contribution in [0.15, 0.2) is 134 Å². The van der Waals surface area contributed by atoms with Crippen LogP contribution in [0.1, 0.15) is 348 Å². The van der Waals surface area contributed by atoms with Crippen molar-refractivity contribution in [1.29, 1.82) is 0 Å². The van der Waals surface area contributed by atoms with Gasteiger partial charge in [0.15, 0.2) is 0 Å². The molecule has 0 bridgehead atoms. The van der Waals surface area contributed by atoms with Crippen molar-refractivity contribution >= 4 is 0 Å². The minimum atomic E-state index is 0.515. The molecule has 2 fully saturated rings. The highest BCUT2D eigenvalue weighted by molar-refractivity contribution is 5.41. The van der Waals surface area contributed by atoms with Gasteiger partial charge in [0.1, 0.15) is 0 Å². The van der Waals surface area contributed by atoms with Crippen molar-refractivity contribution in [2.75, 3.05) is 0 Å². The predicted molar refractivity (Wildman–Crippen MR) is 388 cm³/mol. The van der Waals surface area contributed by atoms with E-state index in [1.165, 1.54) is 278 Å². The van der Waals surface area contributed by atoms with Gasteiger partial charge in [-0.3, -0.25) is 0 Å². The molecule has 0 saturated heterocycles. The van der Waals surface area contributed by atoms with E-state index in [9.17, 15) is 0 Å². The van der Waals surface area contributed by atoms with Crippen LogP contribution in [0.2, 0.25) is 0 Å². The highest BCUT2D eigenvalue weighted by Crippen LogP contribution is 2.51. The van der Waals surface area contributed by atoms with Gasteiger partial charge in [-0.2, -0.15) is 0 Å². The summed E-state index contributed by atoms with van der Waals surface area (Å²) < 4.78 is 0. The summed E-state index contributed by atoms with van der Waals surface area (Å²) in [4.78, 5) is 0. The third-order valence-corrected chi connectivity index (χ3v) is 21.0. The molecule has 2 saturated carbocycles. The summed E-state index contributed by atoms with van der Waals surface area (Å²) in [6.07, 6.45) is 54.7. The zero-order valence-electron chi connectivity index (χ0n) is 58.2. The molecule has 480 valence electrons. The van der Waals surface area contributed by atoms with Gasteiger partial charge in [0, 0.05) is 0 Å². The summed E-state index contributed by atoms with van der Waals surface area (Å²) in [6, 6.07) is 10.2. The maximum Gasteiger partial charge on any atom is -0.0151 e. The molecule has 0 heteroatoms. The van der Waals surface area contributed by atoms with Crippen LogP contribution in [0.25, 0.3) is 0 Å². The van der Waals surface area contributed by atoms with Gasteiger partial charge < -0.3 is 0 Å². The average molecular weight is 1170 g/mol. The Bertz CT molecular complexity index is 2420. The van der Waals surface area contributed by atoms with Gasteiger partial charge in [0.25, 0.3) is 0 Å². The van der Waals surface area contributed by atoms with Crippen LogP contribution in [0, 0.1) is 31.6 Å². The molecule has 0 amide bonds. The number of aryl methyl sites for hydroxylation is 6. The average Bonchev–Trinajstić information content (AvgIpc) is 2.06. The Hall–Kier alpha value is -3.90. The van der Waals surface area contributed by atoms with Gasteiger partial charge in [-0.15, -0.1) is 0 Å². The van der Waals surface area contributed by atoms with Crippen molar-refractivity contribution in [2.45, 2.75) is 343 Å². The van der Waals surface area contributed by atoms with Gasteiger partial charge in [-0.1, -0.05) is 226 Å². The monoisotopic (exact) mass is 1170 g/mol. The Balaban J connectivity index is 0.980. The van der Waals surface area contributed by atoms with Crippen LogP contribution < -0.4 is 0 Å². The lowest BCUT2D eigenvalue weighted by molar-refractivity contribution is 0.328. The Morgan fingerprint density at radius 3 is 1.12 bits per heavy atom. The van der Waals surface area contributed by atoms with Crippen molar-refractivity contribution in [3.63, 3.8) is 0 Å². The molecule has 4 rings (SSSR count). The van der Waals surface area contributed by atoms with Gasteiger partial charge in [0.2, 0.25) is 0 Å². The van der Waals surface area contributed by atoms with Gasteiger partial charge >= 0.3 is 0 Å². The van der Waals surface area contributed by atoms with Gasteiger partial charge in [0.05, 0.1) is 0 Å². The molecule has 0 aromatic heterocycles. The first-order valence-corrected chi connectivity index (χ1v) is 36.6. The summed E-state index contributed by atoms with van der Waals surface area (Å²) >= 11 is 0. The topological polar surface area (TPSA) is 0 Å². The zero-order chi connectivity index (χ0) is 62.6. The van der Waals surface area contributed by atoms with E-state index < -0.39 is 0 Å². The standard InChI is InChI=1S/C86H136/c1-17-65(4)51-52-70(9)54-53-69(8)42-30-24-26-32-47-72(11)58-75(14)85-64-79(19-3)82(62-77(85)16)50-38-35-45-68(7)41-29-23-25-31-46-71(10)57-74(13)84-63-78(18-2)81(61-76(84)15)49-37-34-44-67(6)40-28-22-20-21-27-39-66(5)43-33-36-48-80-55-56-83-59-73(12)60-86(80)83/h61-64,74-75,80,83,86H,4-12,17-60H2,1-3,13-16H3. The van der Waals surface area contributed by atoms with E-state index in [1.54, 1.807) is 22.3 Å². The van der Waals surface area contributed by atoms with Crippen LogP contribution in [0.4, 0.5) is 0 Å². The Morgan fingerprint density at radius 1 is 0.384 bits per heavy atom. The highest BCUT2D eigenvalue weighted by Gasteiger charge is 2.39. The molecule has 0 spiro atoms. The molecule has 2 aromatic carbocycles. The molecule has 0 nitrogen and oxygen atoms in total. The Kier molecular flexibility index (Phi) is 37.2. The SMILES string of the molecule is C=C(CC)CCC(=C)CCC(=C)CCCCCCC(=C)CC(C)c1cc(CC)c(CCCCC(=C)CCCCCCC(=C)CC(C)c2cc(CC)c(CCCCC(=C)CCCCCCCC(=C)CCCCC3CCC4CC(=C)CC34)cc2C)cc1C. The second kappa shape index (κ2) is 42.9. The van der Waals surface area contributed by atoms with Gasteiger partial charge in [-0.05, 0) is 313 Å². The first kappa shape index (κ1) is 74.6. The van der Waals surface area contributed by atoms with Crippen LogP contribution in [0.5, 0.6) is 0 Å². The molecule has 2 aliphatic rings. The second-order valence-corrected chi connectivity index (χ2v) is 28.9. The van der Waals surface area contributed by atoms with Gasteiger partial charge in [-0.25, -0.2) is 0 Å². The maximum absolute atomic E-state index is 4.59. The highest BCUT2D eigenvalue weighted by atomic mass is 14.4. The number of hydrogen-bond donors (Lipinski definition) is 0. The number of unbranched alkanes of at least 4 members (excludes halogenated alkanes) is 13. The van der Waals surface area contributed by atoms with E-state index in [0.717, 1.165) is 94.8 Å². The van der Waals surface area contributed by atoms with E-state index in [2.05, 4.69) is 132 Å². The molecule has 86 heavy (non-hydrogen) atoms. The van der Waals surface area contributed by atoms with Crippen molar-refractivity contribution in [1.82, 2.24) is 0 Å². The zero-order valence-corrected chi connectivity index (χ0v) is 58.2. The largest absolute Gasteiger partial charge is 0.0999 e. The fourth-order valence-corrected chi connectivity index (χ4v) is 15.3. The van der Waals surface area contributed by atoms with Crippen LogP contribution >= 0.6 is 0 Å². The molecular weight excluding hydrogens is 1030 g/mol. The number of benzene rings is 2. The lowest BCUT2D eigenvalue weighted by atomic mass is 9.85. The summed E-state index contributed by atoms with van der Waals surface area (Å²) in [5.41, 5.74) is 25.1. The fourth-order valence-electron chi connectivity index (χ4n) is 15.3. The number of fused-ring (bicyclic) bond motifs is 1. The minimum absolute atomic E-state index is 0.515. The smallest absolute Gasteiger partial charge is 0.0151 e. The molecule has 5 unspecified atom stereocenters. The molecule has 0 heterocycles. The van der Waals surface area contributed by atoms with Crippen LogP contribution in [-0.4, -0.2) is 0 Å². The Morgan fingerprint density at radius 2 is 0.721 bits per heavy atom. The first-order valence-electron chi connectivity index (χ1n) is 36.6. The maximum atomic E-state index is 4.59. The quantitative estimate of drug-likeness (QED) is 0.0457. The number of allylic oxidation sites excluding steroid dienone is 9. The number of hydrogen-bond acceptors (Lipinski definition) is 0. The molecule has 2 aliphatic carbocycles. The van der Waals surface area contributed by atoms with Crippen molar-refractivity contribution in [2.24, 2.45) is 17.8 Å². The van der Waals surface area contributed by atoms with Crippen molar-refractivity contribution < 1.29 is 0 Å². The van der Waals surface area contributed by atoms with E-state index in [1.807, 2.05) is 0 Å². The second-order valence-electron chi connectivity index (χ2n) is 28.9. The lowest BCUT2D eigenvalue weighted by Gasteiger charge is -2.20. The van der Waals surface area contributed by atoms with Crippen molar-refractivity contribution in [3.05, 3.63) is 178 Å². The molecule has 0 N–H and O–H groups in total. The third-order valence-electron chi connectivity index (χ3n) is 21.0. The van der Waals surface area contributed by atoms with E-state index >= 15 is 0 Å². The summed E-state index contributed by atoms with van der Waals surface area (Å²) in [5, 5.41) is 0. The van der Waals surface area contributed by atoms with E-state index in [-0.39, 0.29) is 0 Å². The minimum Gasteiger partial charge on any atom is -0.0999 e. The molecule has 2 aromatic rings. The molecule has 5 atom stereocenters. The van der Waals surface area contributed by atoms with E-state index in [0.29, 0.717) is 11.8 Å². The Labute approximate surface area is 535 Å². The third kappa shape index (κ3) is 29.6. The van der Waals surface area contributed by atoms with Crippen LogP contribution in [0.3, 0.4) is 0 Å². The molecule has 0 aliphatic heterocycles.